The topological polar surface area (TPSA) is 68.5 Å². The number of nitrogens with two attached hydrogens (primary N) is 1. The Kier molecular flexibility index (Phi) is 4.20. The van der Waals surface area contributed by atoms with Crippen molar-refractivity contribution in [1.29, 1.82) is 0 Å². The first-order valence-corrected chi connectivity index (χ1v) is 6.19. The summed E-state index contributed by atoms with van der Waals surface area (Å²) in [5.74, 6) is 0.415. The van der Waals surface area contributed by atoms with Crippen molar-refractivity contribution in [3.8, 4) is 5.75 Å². The zero-order valence-corrected chi connectivity index (χ0v) is 11.5. The maximum Gasteiger partial charge on any atom is 0.254 e. The number of amides is 1. The molecule has 0 spiro atoms. The Morgan fingerprint density at radius 3 is 2.85 bits per heavy atom. The summed E-state index contributed by atoms with van der Waals surface area (Å²) in [6.45, 7) is 0.499. The SMILES string of the molecule is COc1cc(C(=O)N(C)Cc2cccnc2)ccc1N. The van der Waals surface area contributed by atoms with Crippen molar-refractivity contribution < 1.29 is 9.53 Å². The van der Waals surface area contributed by atoms with Crippen LogP contribution in [-0.4, -0.2) is 29.9 Å². The summed E-state index contributed by atoms with van der Waals surface area (Å²) >= 11 is 0. The van der Waals surface area contributed by atoms with Crippen molar-refractivity contribution in [3.63, 3.8) is 0 Å². The second kappa shape index (κ2) is 6.06. The molecule has 2 rings (SSSR count). The molecule has 1 amide bonds. The van der Waals surface area contributed by atoms with E-state index in [1.165, 1.54) is 7.11 Å². The minimum Gasteiger partial charge on any atom is -0.495 e. The highest BCUT2D eigenvalue weighted by atomic mass is 16.5. The van der Waals surface area contributed by atoms with Gasteiger partial charge in [0.2, 0.25) is 0 Å². The molecule has 5 nitrogen and oxygen atoms in total. The Labute approximate surface area is 118 Å². The molecule has 0 atom stereocenters. The van der Waals surface area contributed by atoms with E-state index in [9.17, 15) is 4.79 Å². The minimum absolute atomic E-state index is 0.0906. The lowest BCUT2D eigenvalue weighted by Crippen LogP contribution is -2.26. The summed E-state index contributed by atoms with van der Waals surface area (Å²) in [5.41, 5.74) is 7.78. The maximum absolute atomic E-state index is 12.3. The van der Waals surface area contributed by atoms with Crippen molar-refractivity contribution in [2.24, 2.45) is 0 Å². The summed E-state index contributed by atoms with van der Waals surface area (Å²) in [6, 6.07) is 8.79. The molecule has 0 saturated heterocycles. The van der Waals surface area contributed by atoms with Gasteiger partial charge in [0, 0.05) is 31.5 Å². The van der Waals surface area contributed by atoms with Crippen LogP contribution in [0, 0.1) is 0 Å². The first kappa shape index (κ1) is 13.9. The molecule has 1 heterocycles. The van der Waals surface area contributed by atoms with Gasteiger partial charge in [-0.15, -0.1) is 0 Å². The second-order valence-electron chi connectivity index (χ2n) is 4.48. The first-order valence-electron chi connectivity index (χ1n) is 6.19. The summed E-state index contributed by atoms with van der Waals surface area (Å²) < 4.78 is 5.13. The van der Waals surface area contributed by atoms with Crippen LogP contribution in [0.5, 0.6) is 5.75 Å². The van der Waals surface area contributed by atoms with Gasteiger partial charge in [0.1, 0.15) is 5.75 Å². The molecule has 0 aliphatic carbocycles. The summed E-state index contributed by atoms with van der Waals surface area (Å²) in [6.07, 6.45) is 3.45. The smallest absolute Gasteiger partial charge is 0.254 e. The van der Waals surface area contributed by atoms with Gasteiger partial charge < -0.3 is 15.4 Å². The number of carbonyl (C=O) groups excluding carboxylic acids is 1. The van der Waals surface area contributed by atoms with E-state index in [1.54, 1.807) is 42.5 Å². The average Bonchev–Trinajstić information content (AvgIpc) is 2.48. The van der Waals surface area contributed by atoms with E-state index in [0.29, 0.717) is 23.5 Å². The van der Waals surface area contributed by atoms with Gasteiger partial charge in [-0.2, -0.15) is 0 Å². The quantitative estimate of drug-likeness (QED) is 0.863. The normalized spacial score (nSPS) is 10.1. The lowest BCUT2D eigenvalue weighted by molar-refractivity contribution is 0.0784. The van der Waals surface area contributed by atoms with Crippen LogP contribution in [-0.2, 0) is 6.54 Å². The van der Waals surface area contributed by atoms with Gasteiger partial charge in [-0.1, -0.05) is 6.07 Å². The number of carbonyl (C=O) groups is 1. The van der Waals surface area contributed by atoms with E-state index >= 15 is 0 Å². The molecular weight excluding hydrogens is 254 g/mol. The molecule has 0 unspecified atom stereocenters. The number of rotatable bonds is 4. The number of ether oxygens (including phenoxy) is 1. The van der Waals surface area contributed by atoms with Gasteiger partial charge in [0.05, 0.1) is 12.8 Å². The number of pyridine rings is 1. The highest BCUT2D eigenvalue weighted by molar-refractivity contribution is 5.95. The Bertz CT molecular complexity index is 599. The van der Waals surface area contributed by atoms with Gasteiger partial charge in [0.15, 0.2) is 0 Å². The van der Waals surface area contributed by atoms with Crippen molar-refractivity contribution in [2.45, 2.75) is 6.54 Å². The molecule has 0 aliphatic heterocycles. The van der Waals surface area contributed by atoms with E-state index < -0.39 is 0 Å². The van der Waals surface area contributed by atoms with Gasteiger partial charge in [-0.25, -0.2) is 0 Å². The molecule has 0 radical (unpaired) electrons. The second-order valence-corrected chi connectivity index (χ2v) is 4.48. The van der Waals surface area contributed by atoms with Crippen LogP contribution in [0.15, 0.2) is 42.7 Å². The van der Waals surface area contributed by atoms with Crippen LogP contribution in [0.25, 0.3) is 0 Å². The molecule has 2 N–H and O–H groups in total. The van der Waals surface area contributed by atoms with Crippen molar-refractivity contribution >= 4 is 11.6 Å². The van der Waals surface area contributed by atoms with Crippen LogP contribution in [0.1, 0.15) is 15.9 Å². The average molecular weight is 271 g/mol. The van der Waals surface area contributed by atoms with Crippen LogP contribution in [0.2, 0.25) is 0 Å². The van der Waals surface area contributed by atoms with Gasteiger partial charge in [-0.05, 0) is 29.8 Å². The third kappa shape index (κ3) is 3.06. The minimum atomic E-state index is -0.0906. The van der Waals surface area contributed by atoms with Gasteiger partial charge in [-0.3, -0.25) is 9.78 Å². The van der Waals surface area contributed by atoms with E-state index in [0.717, 1.165) is 5.56 Å². The lowest BCUT2D eigenvalue weighted by Gasteiger charge is -2.17. The maximum atomic E-state index is 12.3. The summed E-state index contributed by atoms with van der Waals surface area (Å²) in [7, 11) is 3.28. The third-order valence-corrected chi connectivity index (χ3v) is 2.97. The van der Waals surface area contributed by atoms with Crippen LogP contribution < -0.4 is 10.5 Å². The molecule has 1 aromatic carbocycles. The zero-order valence-electron chi connectivity index (χ0n) is 11.5. The van der Waals surface area contributed by atoms with Gasteiger partial charge in [0.25, 0.3) is 5.91 Å². The Balaban J connectivity index is 2.14. The summed E-state index contributed by atoms with van der Waals surface area (Å²) in [4.78, 5) is 18.0. The molecule has 0 bridgehead atoms. The summed E-state index contributed by atoms with van der Waals surface area (Å²) in [5, 5.41) is 0. The van der Waals surface area contributed by atoms with Gasteiger partial charge >= 0.3 is 0 Å². The standard InChI is InChI=1S/C15H17N3O2/c1-18(10-11-4-3-7-17-9-11)15(19)12-5-6-13(16)14(8-12)20-2/h3-9H,10,16H2,1-2H3. The van der Waals surface area contributed by atoms with E-state index in [1.807, 2.05) is 12.1 Å². The van der Waals surface area contributed by atoms with Crippen LogP contribution >= 0.6 is 0 Å². The molecular formula is C15H17N3O2. The van der Waals surface area contributed by atoms with Crippen molar-refractivity contribution in [3.05, 3.63) is 53.9 Å². The number of methoxy groups -OCH3 is 1. The van der Waals surface area contributed by atoms with Crippen LogP contribution in [0.3, 0.4) is 0 Å². The monoisotopic (exact) mass is 271 g/mol. The molecule has 104 valence electrons. The Morgan fingerprint density at radius 1 is 1.40 bits per heavy atom. The van der Waals surface area contributed by atoms with Crippen molar-refractivity contribution in [2.75, 3.05) is 19.9 Å². The number of nitrogens with zero attached hydrogens (tertiary/aromatic N) is 2. The first-order chi connectivity index (χ1) is 9.61. The molecule has 20 heavy (non-hydrogen) atoms. The fourth-order valence-corrected chi connectivity index (χ4v) is 1.90. The molecule has 0 saturated carbocycles. The number of anilines is 1. The zero-order chi connectivity index (χ0) is 14.5. The Morgan fingerprint density at radius 2 is 2.20 bits per heavy atom. The fraction of sp³-hybridized carbons (Fsp3) is 0.200. The van der Waals surface area contributed by atoms with Crippen molar-refractivity contribution in [1.82, 2.24) is 9.88 Å². The molecule has 1 aromatic heterocycles. The number of hydrogen-bond acceptors (Lipinski definition) is 4. The Hall–Kier alpha value is -2.56. The number of nitrogen functional groups attached to an aromatic ring is 1. The highest BCUT2D eigenvalue weighted by Crippen LogP contribution is 2.23. The molecule has 0 fully saturated rings. The predicted molar refractivity (Wildman–Crippen MR) is 77.4 cm³/mol. The van der Waals surface area contributed by atoms with Crippen LogP contribution in [0.4, 0.5) is 5.69 Å². The molecule has 0 aliphatic rings. The number of aromatic nitrogens is 1. The predicted octanol–water partition coefficient (Wildman–Crippen LogP) is 1.94. The van der Waals surface area contributed by atoms with E-state index in [2.05, 4.69) is 4.98 Å². The van der Waals surface area contributed by atoms with E-state index in [-0.39, 0.29) is 5.91 Å². The largest absolute Gasteiger partial charge is 0.495 e. The number of benzene rings is 1. The molecule has 5 heteroatoms. The fourth-order valence-electron chi connectivity index (χ4n) is 1.90. The molecule has 2 aromatic rings. The van der Waals surface area contributed by atoms with E-state index in [4.69, 9.17) is 10.5 Å². The number of hydrogen-bond donors (Lipinski definition) is 1. The highest BCUT2D eigenvalue weighted by Gasteiger charge is 2.14. The third-order valence-electron chi connectivity index (χ3n) is 2.97. The lowest BCUT2D eigenvalue weighted by atomic mass is 10.1.